The first-order valence-corrected chi connectivity index (χ1v) is 15.1. The van der Waals surface area contributed by atoms with E-state index in [9.17, 15) is 4.79 Å². The SMILES string of the molecule is C=C[C@]1(CC(C)=O)[C@@H]2OC(c3ccccc3)OC[C@H]2O[C@H](OC)[C@@H]1CCO[Si](C)(C)C(C)(C)C. The monoisotopic (exact) mass is 490 g/mol. The van der Waals surface area contributed by atoms with Crippen molar-refractivity contribution in [3.05, 3.63) is 48.6 Å². The number of methoxy groups -OCH3 is 1. The van der Waals surface area contributed by atoms with E-state index >= 15 is 0 Å². The maximum absolute atomic E-state index is 12.6. The van der Waals surface area contributed by atoms with Crippen molar-refractivity contribution in [2.24, 2.45) is 11.3 Å². The molecule has 2 saturated heterocycles. The van der Waals surface area contributed by atoms with E-state index in [2.05, 4.69) is 40.4 Å². The number of ketones is 1. The summed E-state index contributed by atoms with van der Waals surface area (Å²) < 4.78 is 31.2. The highest BCUT2D eigenvalue weighted by molar-refractivity contribution is 6.74. The molecule has 1 aromatic rings. The number of benzene rings is 1. The van der Waals surface area contributed by atoms with Gasteiger partial charge in [0.1, 0.15) is 11.9 Å². The van der Waals surface area contributed by atoms with E-state index in [-0.39, 0.29) is 22.8 Å². The largest absolute Gasteiger partial charge is 0.417 e. The van der Waals surface area contributed by atoms with Gasteiger partial charge in [-0.3, -0.25) is 4.79 Å². The molecule has 0 bridgehead atoms. The van der Waals surface area contributed by atoms with Gasteiger partial charge >= 0.3 is 0 Å². The fourth-order valence-electron chi connectivity index (χ4n) is 4.91. The van der Waals surface area contributed by atoms with Gasteiger partial charge in [-0.05, 0) is 31.5 Å². The minimum Gasteiger partial charge on any atom is -0.417 e. The van der Waals surface area contributed by atoms with Crippen LogP contribution in [0.25, 0.3) is 0 Å². The van der Waals surface area contributed by atoms with Crippen LogP contribution in [-0.4, -0.2) is 52.9 Å². The van der Waals surface area contributed by atoms with E-state index in [1.807, 2.05) is 36.4 Å². The van der Waals surface area contributed by atoms with Gasteiger partial charge in [0.25, 0.3) is 0 Å². The molecular formula is C27H42O6Si. The molecule has 2 aliphatic heterocycles. The van der Waals surface area contributed by atoms with E-state index in [4.69, 9.17) is 23.4 Å². The van der Waals surface area contributed by atoms with Crippen LogP contribution in [0, 0.1) is 11.3 Å². The Bertz CT molecular complexity index is 835. The molecule has 0 N–H and O–H groups in total. The predicted molar refractivity (Wildman–Crippen MR) is 135 cm³/mol. The van der Waals surface area contributed by atoms with Crippen LogP contribution in [0.3, 0.4) is 0 Å². The molecule has 0 aliphatic carbocycles. The molecule has 7 heteroatoms. The predicted octanol–water partition coefficient (Wildman–Crippen LogP) is 5.65. The zero-order chi connectivity index (χ0) is 25.1. The molecule has 6 nitrogen and oxygen atoms in total. The van der Waals surface area contributed by atoms with E-state index < -0.39 is 32.4 Å². The zero-order valence-corrected chi connectivity index (χ0v) is 22.8. The summed E-state index contributed by atoms with van der Waals surface area (Å²) >= 11 is 0. The summed E-state index contributed by atoms with van der Waals surface area (Å²) in [6.45, 7) is 17.9. The Labute approximate surface area is 206 Å². The van der Waals surface area contributed by atoms with Crippen LogP contribution in [0.4, 0.5) is 0 Å². The lowest BCUT2D eigenvalue weighted by Gasteiger charge is -2.55. The van der Waals surface area contributed by atoms with Gasteiger partial charge in [-0.1, -0.05) is 57.2 Å². The molecule has 0 saturated carbocycles. The maximum atomic E-state index is 12.6. The Morgan fingerprint density at radius 2 is 1.91 bits per heavy atom. The molecule has 2 aliphatic rings. The van der Waals surface area contributed by atoms with Crippen LogP contribution in [0.1, 0.15) is 52.4 Å². The highest BCUT2D eigenvalue weighted by Crippen LogP contribution is 2.52. The molecule has 0 amide bonds. The maximum Gasteiger partial charge on any atom is 0.191 e. The van der Waals surface area contributed by atoms with Crippen molar-refractivity contribution in [2.45, 2.75) is 83.5 Å². The summed E-state index contributed by atoms with van der Waals surface area (Å²) in [5.41, 5.74) is 0.275. The number of fused-ring (bicyclic) bond motifs is 1. The van der Waals surface area contributed by atoms with Crippen LogP contribution in [0.2, 0.25) is 18.1 Å². The van der Waals surface area contributed by atoms with Crippen LogP contribution >= 0.6 is 0 Å². The Morgan fingerprint density at radius 3 is 2.47 bits per heavy atom. The second kappa shape index (κ2) is 10.7. The lowest BCUT2D eigenvalue weighted by atomic mass is 9.63. The topological polar surface area (TPSA) is 63.2 Å². The number of hydrogen-bond acceptors (Lipinski definition) is 6. The summed E-state index contributed by atoms with van der Waals surface area (Å²) in [4.78, 5) is 12.6. The van der Waals surface area contributed by atoms with Crippen LogP contribution < -0.4 is 0 Å². The number of carbonyl (C=O) groups is 1. The van der Waals surface area contributed by atoms with Crippen LogP contribution in [-0.2, 0) is 28.2 Å². The summed E-state index contributed by atoms with van der Waals surface area (Å²) in [6, 6.07) is 9.85. The van der Waals surface area contributed by atoms with Gasteiger partial charge in [-0.15, -0.1) is 6.58 Å². The number of rotatable bonds is 9. The van der Waals surface area contributed by atoms with Crippen LogP contribution in [0.5, 0.6) is 0 Å². The third-order valence-electron chi connectivity index (χ3n) is 7.81. The van der Waals surface area contributed by atoms with Gasteiger partial charge in [-0.25, -0.2) is 0 Å². The third kappa shape index (κ3) is 5.55. The summed E-state index contributed by atoms with van der Waals surface area (Å²) in [7, 11) is -0.281. The molecule has 0 spiro atoms. The Morgan fingerprint density at radius 1 is 1.24 bits per heavy atom. The first-order valence-electron chi connectivity index (χ1n) is 12.2. The first-order chi connectivity index (χ1) is 15.9. The van der Waals surface area contributed by atoms with Gasteiger partial charge < -0.3 is 23.4 Å². The molecular weight excluding hydrogens is 448 g/mol. The molecule has 3 rings (SSSR count). The average Bonchev–Trinajstić information content (AvgIpc) is 2.79. The minimum absolute atomic E-state index is 0.0806. The molecule has 0 radical (unpaired) electrons. The highest BCUT2D eigenvalue weighted by Gasteiger charge is 2.58. The number of ether oxygens (including phenoxy) is 4. The van der Waals surface area contributed by atoms with Gasteiger partial charge in [0, 0.05) is 37.0 Å². The molecule has 2 heterocycles. The standard InChI is InChI=1S/C27H42O6Si/c1-9-27(17-19(2)28)21(15-16-31-34(7,8)26(3,4)5)25(29-6)32-22-18-30-24(33-23(22)27)20-13-11-10-12-14-20/h9-14,21-25H,1,15-18H2,2-8H3/t21-,22+,23+,24?,25-,27+/m0/s1. The Balaban J connectivity index is 1.91. The van der Waals surface area contributed by atoms with E-state index in [0.29, 0.717) is 26.1 Å². The number of hydrogen-bond donors (Lipinski definition) is 0. The molecule has 1 unspecified atom stereocenters. The Kier molecular flexibility index (Phi) is 8.59. The highest BCUT2D eigenvalue weighted by atomic mass is 28.4. The molecule has 1 aromatic carbocycles. The fourth-order valence-corrected chi connectivity index (χ4v) is 5.98. The second-order valence-electron chi connectivity index (χ2n) is 11.1. The van der Waals surface area contributed by atoms with Gasteiger partial charge in [0.2, 0.25) is 0 Å². The fraction of sp³-hybridized carbons (Fsp3) is 0.667. The average molecular weight is 491 g/mol. The molecule has 6 atom stereocenters. The smallest absolute Gasteiger partial charge is 0.191 e. The van der Waals surface area contributed by atoms with Crippen molar-refractivity contribution in [3.63, 3.8) is 0 Å². The van der Waals surface area contributed by atoms with Crippen molar-refractivity contribution in [2.75, 3.05) is 20.3 Å². The molecule has 34 heavy (non-hydrogen) atoms. The third-order valence-corrected chi connectivity index (χ3v) is 12.4. The lowest BCUT2D eigenvalue weighted by molar-refractivity contribution is -0.357. The summed E-state index contributed by atoms with van der Waals surface area (Å²) in [5.74, 6) is -0.0727. The minimum atomic E-state index is -1.93. The van der Waals surface area contributed by atoms with E-state index in [0.717, 1.165) is 5.56 Å². The van der Waals surface area contributed by atoms with Gasteiger partial charge in [-0.2, -0.15) is 0 Å². The number of Topliss-reactive ketones (excluding diaryl/α,β-unsaturated/α-hetero) is 1. The summed E-state index contributed by atoms with van der Waals surface area (Å²) in [5, 5.41) is 0.115. The molecule has 190 valence electrons. The van der Waals surface area contributed by atoms with E-state index in [1.54, 1.807) is 14.0 Å². The normalized spacial score (nSPS) is 32.1. The quantitative estimate of drug-likeness (QED) is 0.329. The van der Waals surface area contributed by atoms with Gasteiger partial charge in [0.05, 0.1) is 12.7 Å². The molecule has 0 aromatic heterocycles. The van der Waals surface area contributed by atoms with Crippen LogP contribution in [0.15, 0.2) is 43.0 Å². The van der Waals surface area contributed by atoms with Crippen molar-refractivity contribution in [3.8, 4) is 0 Å². The Hall–Kier alpha value is -1.35. The molecule has 2 fully saturated rings. The summed E-state index contributed by atoms with van der Waals surface area (Å²) in [6.07, 6.45) is 1.07. The number of carbonyl (C=O) groups excluding carboxylic acids is 1. The van der Waals surface area contributed by atoms with Gasteiger partial charge in [0.15, 0.2) is 20.9 Å². The van der Waals surface area contributed by atoms with Crippen molar-refractivity contribution in [1.82, 2.24) is 0 Å². The van der Waals surface area contributed by atoms with Crippen molar-refractivity contribution < 1.29 is 28.2 Å². The van der Waals surface area contributed by atoms with E-state index in [1.165, 1.54) is 0 Å². The second-order valence-corrected chi connectivity index (χ2v) is 15.9. The first kappa shape index (κ1) is 27.2. The lowest BCUT2D eigenvalue weighted by Crippen LogP contribution is -2.63. The van der Waals surface area contributed by atoms with Crippen molar-refractivity contribution >= 4 is 14.1 Å². The zero-order valence-electron chi connectivity index (χ0n) is 21.8. The van der Waals surface area contributed by atoms with Crippen molar-refractivity contribution in [1.29, 1.82) is 0 Å².